The van der Waals surface area contributed by atoms with E-state index in [2.05, 4.69) is 55.4 Å². The molecule has 1 aromatic carbocycles. The number of nitrogens with zero attached hydrogens (tertiary/aromatic N) is 4. The molecule has 0 radical (unpaired) electrons. The minimum Gasteiger partial charge on any atom is -0.467 e. The number of aromatic nitrogens is 2. The number of aryl methyl sites for hydroxylation is 1. The number of methoxy groups -OCH3 is 1. The number of anilines is 1. The van der Waals surface area contributed by atoms with Crippen LogP contribution < -0.4 is 15.0 Å². The predicted molar refractivity (Wildman–Crippen MR) is 120 cm³/mol. The van der Waals surface area contributed by atoms with E-state index in [1.54, 1.807) is 7.11 Å². The fourth-order valence-electron chi connectivity index (χ4n) is 5.06. The van der Waals surface area contributed by atoms with Crippen molar-refractivity contribution in [1.29, 1.82) is 0 Å². The Hall–Kier alpha value is -2.93. The van der Waals surface area contributed by atoms with Crippen LogP contribution in [0.3, 0.4) is 0 Å². The van der Waals surface area contributed by atoms with Crippen molar-refractivity contribution in [3.05, 3.63) is 53.2 Å². The average Bonchev–Trinajstić information content (AvgIpc) is 3.20. The van der Waals surface area contributed by atoms with Gasteiger partial charge in [-0.15, -0.1) is 0 Å². The summed E-state index contributed by atoms with van der Waals surface area (Å²) in [6.45, 7) is 5.78. The maximum absolute atomic E-state index is 13.6. The van der Waals surface area contributed by atoms with E-state index >= 15 is 0 Å². The molecular weight excluding hydrogens is 390 g/mol. The summed E-state index contributed by atoms with van der Waals surface area (Å²) in [6, 6.07) is 10.9. The number of allylic oxidation sites excluding steroid dienone is 1. The number of ether oxygens (including phenoxy) is 1. The van der Waals surface area contributed by atoms with Gasteiger partial charge in [0.05, 0.1) is 7.11 Å². The van der Waals surface area contributed by atoms with E-state index in [-0.39, 0.29) is 5.91 Å². The molecule has 2 aliphatic heterocycles. The molecule has 2 fully saturated rings. The van der Waals surface area contributed by atoms with E-state index in [4.69, 9.17) is 4.74 Å². The van der Waals surface area contributed by atoms with E-state index < -0.39 is 5.54 Å². The summed E-state index contributed by atoms with van der Waals surface area (Å²) >= 11 is 0. The number of amides is 1. The molecule has 1 amide bonds. The van der Waals surface area contributed by atoms with Crippen LogP contribution >= 0.6 is 0 Å². The monoisotopic (exact) mass is 419 g/mol. The summed E-state index contributed by atoms with van der Waals surface area (Å²) in [6.07, 6.45) is 4.78. The molecule has 3 aliphatic rings. The third-order valence-corrected chi connectivity index (χ3v) is 6.78. The summed E-state index contributed by atoms with van der Waals surface area (Å²) < 4.78 is 5.23. The lowest BCUT2D eigenvalue weighted by Crippen LogP contribution is -2.67. The third-order valence-electron chi connectivity index (χ3n) is 6.78. The molecule has 3 heterocycles. The molecule has 1 spiro atoms. The van der Waals surface area contributed by atoms with Gasteiger partial charge in [-0.3, -0.25) is 4.79 Å². The molecule has 31 heavy (non-hydrogen) atoms. The van der Waals surface area contributed by atoms with Crippen LogP contribution in [0.25, 0.3) is 5.57 Å². The number of hydrogen-bond donors (Lipinski definition) is 1. The van der Waals surface area contributed by atoms with E-state index in [1.165, 1.54) is 16.7 Å². The van der Waals surface area contributed by atoms with Gasteiger partial charge in [0.1, 0.15) is 11.4 Å². The van der Waals surface area contributed by atoms with E-state index in [0.29, 0.717) is 12.6 Å². The van der Waals surface area contributed by atoms with Crippen LogP contribution in [0.1, 0.15) is 29.7 Å². The van der Waals surface area contributed by atoms with E-state index in [0.717, 1.165) is 57.0 Å². The molecule has 1 N–H and O–H groups in total. The van der Waals surface area contributed by atoms with Gasteiger partial charge in [0.2, 0.25) is 5.91 Å². The Morgan fingerprint density at radius 2 is 1.97 bits per heavy atom. The maximum atomic E-state index is 13.6. The fraction of sp³-hybridized carbons (Fsp3) is 0.458. The van der Waals surface area contributed by atoms with Crippen LogP contribution in [0.2, 0.25) is 0 Å². The standard InChI is InChI=1S/C24H29N5O2/c1-17-15-21(27-23(26-17)31-2)28-12-9-24(10-13-28)22(30)29(14-11-25-24)16-19-8-7-18-5-3-4-6-20(18)19/h3-6,8,15,25H,7,9-14,16H2,1-2H3. The number of nitrogens with one attached hydrogen (secondary N) is 1. The van der Waals surface area contributed by atoms with Crippen molar-refractivity contribution in [3.8, 4) is 6.01 Å². The molecule has 7 heteroatoms. The first-order valence-electron chi connectivity index (χ1n) is 11.0. The van der Waals surface area contributed by atoms with Gasteiger partial charge in [0, 0.05) is 44.5 Å². The molecule has 0 unspecified atom stereocenters. The van der Waals surface area contributed by atoms with Gasteiger partial charge >= 0.3 is 6.01 Å². The smallest absolute Gasteiger partial charge is 0.318 e. The first-order valence-corrected chi connectivity index (χ1v) is 11.0. The van der Waals surface area contributed by atoms with Crippen molar-refractivity contribution in [2.45, 2.75) is 31.7 Å². The summed E-state index contributed by atoms with van der Waals surface area (Å²) in [5, 5.41) is 3.57. The topological polar surface area (TPSA) is 70.6 Å². The molecule has 2 aromatic rings. The van der Waals surface area contributed by atoms with E-state index in [1.807, 2.05) is 13.0 Å². The molecule has 2 saturated heterocycles. The average molecular weight is 420 g/mol. The highest BCUT2D eigenvalue weighted by molar-refractivity contribution is 5.89. The minimum atomic E-state index is -0.473. The third kappa shape index (κ3) is 3.67. The molecular formula is C24H29N5O2. The largest absolute Gasteiger partial charge is 0.467 e. The molecule has 0 saturated carbocycles. The summed E-state index contributed by atoms with van der Waals surface area (Å²) in [7, 11) is 1.58. The minimum absolute atomic E-state index is 0.236. The number of fused-ring (bicyclic) bond motifs is 1. The first kappa shape index (κ1) is 20.0. The molecule has 7 nitrogen and oxygen atoms in total. The SMILES string of the molecule is COc1nc(C)cc(N2CCC3(CC2)NCCN(CC2=CCc4ccccc42)C3=O)n1. The number of piperazine rings is 1. The predicted octanol–water partition coefficient (Wildman–Crippen LogP) is 2.20. The lowest BCUT2D eigenvalue weighted by atomic mass is 9.84. The molecule has 1 aromatic heterocycles. The van der Waals surface area contributed by atoms with Gasteiger partial charge in [0.15, 0.2) is 0 Å². The number of carbonyl (C=O) groups is 1. The Morgan fingerprint density at radius 1 is 1.16 bits per heavy atom. The van der Waals surface area contributed by atoms with Gasteiger partial charge in [-0.2, -0.15) is 4.98 Å². The zero-order valence-electron chi connectivity index (χ0n) is 18.2. The van der Waals surface area contributed by atoms with Gasteiger partial charge < -0.3 is 19.9 Å². The number of benzene rings is 1. The van der Waals surface area contributed by atoms with Crippen molar-refractivity contribution < 1.29 is 9.53 Å². The number of hydrogen-bond acceptors (Lipinski definition) is 6. The van der Waals surface area contributed by atoms with Crippen molar-refractivity contribution in [3.63, 3.8) is 0 Å². The zero-order valence-corrected chi connectivity index (χ0v) is 18.2. The second kappa shape index (κ2) is 7.96. The lowest BCUT2D eigenvalue weighted by Gasteiger charge is -2.47. The Bertz CT molecular complexity index is 1030. The van der Waals surface area contributed by atoms with Gasteiger partial charge in [-0.05, 0) is 42.9 Å². The molecule has 0 atom stereocenters. The van der Waals surface area contributed by atoms with Crippen molar-refractivity contribution in [1.82, 2.24) is 20.2 Å². The number of carbonyl (C=O) groups excluding carboxylic acids is 1. The highest BCUT2D eigenvalue weighted by Gasteiger charge is 2.46. The Labute approximate surface area is 183 Å². The lowest BCUT2D eigenvalue weighted by molar-refractivity contribution is -0.141. The Kier molecular flexibility index (Phi) is 5.14. The second-order valence-corrected chi connectivity index (χ2v) is 8.67. The second-order valence-electron chi connectivity index (χ2n) is 8.67. The van der Waals surface area contributed by atoms with Crippen LogP contribution in [0.4, 0.5) is 5.82 Å². The molecule has 5 rings (SSSR count). The summed E-state index contributed by atoms with van der Waals surface area (Å²) in [4.78, 5) is 26.6. The molecule has 162 valence electrons. The molecule has 0 bridgehead atoms. The molecule has 1 aliphatic carbocycles. The van der Waals surface area contributed by atoms with Gasteiger partial charge in [-0.25, -0.2) is 4.98 Å². The highest BCUT2D eigenvalue weighted by atomic mass is 16.5. The van der Waals surface area contributed by atoms with Crippen LogP contribution in [0.15, 0.2) is 36.4 Å². The van der Waals surface area contributed by atoms with Gasteiger partial charge in [0.25, 0.3) is 0 Å². The summed E-state index contributed by atoms with van der Waals surface area (Å²) in [5.74, 6) is 1.10. The summed E-state index contributed by atoms with van der Waals surface area (Å²) in [5.41, 5.74) is 4.34. The fourth-order valence-corrected chi connectivity index (χ4v) is 5.06. The normalized spacial score (nSPS) is 20.1. The highest BCUT2D eigenvalue weighted by Crippen LogP contribution is 2.32. The Balaban J connectivity index is 1.28. The first-order chi connectivity index (χ1) is 15.1. The van der Waals surface area contributed by atoms with Gasteiger partial charge in [-0.1, -0.05) is 30.3 Å². The Morgan fingerprint density at radius 3 is 2.77 bits per heavy atom. The number of rotatable bonds is 4. The van der Waals surface area contributed by atoms with Crippen LogP contribution in [0.5, 0.6) is 6.01 Å². The van der Waals surface area contributed by atoms with E-state index in [9.17, 15) is 4.79 Å². The van der Waals surface area contributed by atoms with Crippen molar-refractivity contribution in [2.24, 2.45) is 0 Å². The number of piperidine rings is 1. The van der Waals surface area contributed by atoms with Crippen LogP contribution in [-0.4, -0.2) is 66.1 Å². The maximum Gasteiger partial charge on any atom is 0.318 e. The van der Waals surface area contributed by atoms with Crippen molar-refractivity contribution >= 4 is 17.3 Å². The van der Waals surface area contributed by atoms with Crippen molar-refractivity contribution in [2.75, 3.05) is 44.7 Å². The zero-order chi connectivity index (χ0) is 21.4. The van der Waals surface area contributed by atoms with Crippen LogP contribution in [-0.2, 0) is 11.2 Å². The van der Waals surface area contributed by atoms with Crippen LogP contribution in [0, 0.1) is 6.92 Å². The quantitative estimate of drug-likeness (QED) is 0.819.